The van der Waals surface area contributed by atoms with Gasteiger partial charge in [0.1, 0.15) is 5.82 Å². The molecule has 29 heavy (non-hydrogen) atoms. The molecule has 0 fully saturated rings. The Morgan fingerprint density at radius 2 is 1.76 bits per heavy atom. The van der Waals surface area contributed by atoms with Gasteiger partial charge in [-0.2, -0.15) is 4.98 Å². The Bertz CT molecular complexity index is 1100. The molecule has 0 unspecified atom stereocenters. The molecule has 2 N–H and O–H groups in total. The van der Waals surface area contributed by atoms with Crippen LogP contribution in [-0.2, 0) is 19.6 Å². The molecule has 0 spiro atoms. The van der Waals surface area contributed by atoms with Gasteiger partial charge in [-0.25, -0.2) is 9.18 Å². The minimum absolute atomic E-state index is 0.0290. The number of aromatic nitrogens is 4. The molecule has 0 aliphatic rings. The molecule has 0 atom stereocenters. The van der Waals surface area contributed by atoms with E-state index in [1.54, 1.807) is 19.1 Å². The van der Waals surface area contributed by atoms with E-state index in [1.807, 2.05) is 0 Å². The lowest BCUT2D eigenvalue weighted by molar-refractivity contribution is 0.268. The molecule has 9 nitrogen and oxygen atoms in total. The number of fused-ring (bicyclic) bond motifs is 1. The predicted octanol–water partition coefficient (Wildman–Crippen LogP) is 0.320. The number of nitrogens with zero attached hydrogens (tertiary/aromatic N) is 4. The van der Waals surface area contributed by atoms with Crippen molar-refractivity contribution in [2.75, 3.05) is 19.8 Å². The Hall–Kier alpha value is -2.98. The van der Waals surface area contributed by atoms with E-state index in [0.717, 1.165) is 4.57 Å². The van der Waals surface area contributed by atoms with Crippen LogP contribution in [0.1, 0.15) is 18.9 Å². The summed E-state index contributed by atoms with van der Waals surface area (Å²) in [5.74, 6) is -0.377. The van der Waals surface area contributed by atoms with Gasteiger partial charge in [-0.1, -0.05) is 12.1 Å². The summed E-state index contributed by atoms with van der Waals surface area (Å²) in [6.45, 7) is 1.72. The maximum absolute atomic E-state index is 13.3. The Balaban J connectivity index is 2.28. The topological polar surface area (TPSA) is 112 Å². The zero-order chi connectivity index (χ0) is 21.0. The molecule has 0 amide bonds. The second-order valence-electron chi connectivity index (χ2n) is 6.40. The smallest absolute Gasteiger partial charge is 0.332 e. The first-order valence-electron chi connectivity index (χ1n) is 9.34. The highest BCUT2D eigenvalue weighted by molar-refractivity contribution is 5.72. The van der Waals surface area contributed by atoms with Crippen LogP contribution in [0, 0.1) is 5.82 Å². The number of aliphatic hydroxyl groups is 2. The van der Waals surface area contributed by atoms with Gasteiger partial charge in [0.15, 0.2) is 11.2 Å². The third-order valence-electron chi connectivity index (χ3n) is 4.47. The molecule has 10 heteroatoms. The number of imidazole rings is 1. The van der Waals surface area contributed by atoms with Crippen LogP contribution < -0.4 is 16.0 Å². The number of halogens is 1. The first kappa shape index (κ1) is 20.7. The second-order valence-corrected chi connectivity index (χ2v) is 6.40. The van der Waals surface area contributed by atoms with Crippen molar-refractivity contribution in [1.29, 1.82) is 0 Å². The maximum Gasteiger partial charge on any atom is 0.332 e. The van der Waals surface area contributed by atoms with Crippen molar-refractivity contribution in [3.8, 4) is 6.01 Å². The van der Waals surface area contributed by atoms with E-state index in [4.69, 9.17) is 9.84 Å². The van der Waals surface area contributed by atoms with Crippen LogP contribution in [0.5, 0.6) is 6.01 Å². The van der Waals surface area contributed by atoms with Crippen LogP contribution >= 0.6 is 0 Å². The standard InChI is InChI=1S/C19H23FN4O5/c1-2-29-18-21-16-15(24(18)12-13-4-6-14(20)7-5-13)17(27)23(8-3-10-25)19(28)22(16)9-11-26/h4-7,25-26H,2-3,8-12H2,1H3. The molecule has 0 radical (unpaired) electrons. The average molecular weight is 406 g/mol. The van der Waals surface area contributed by atoms with Crippen LogP contribution in [0.3, 0.4) is 0 Å². The SMILES string of the molecule is CCOc1nc2c(c(=O)n(CCCO)c(=O)n2CCO)n1Cc1ccc(F)cc1. The molecule has 2 aromatic heterocycles. The van der Waals surface area contributed by atoms with Crippen molar-refractivity contribution in [3.05, 3.63) is 56.5 Å². The van der Waals surface area contributed by atoms with Crippen molar-refractivity contribution in [1.82, 2.24) is 18.7 Å². The molecule has 0 saturated carbocycles. The van der Waals surface area contributed by atoms with Gasteiger partial charge in [-0.05, 0) is 31.0 Å². The van der Waals surface area contributed by atoms with Gasteiger partial charge in [-0.3, -0.25) is 18.5 Å². The first-order valence-corrected chi connectivity index (χ1v) is 9.34. The molecule has 2 heterocycles. The van der Waals surface area contributed by atoms with Gasteiger partial charge in [0.2, 0.25) is 0 Å². The van der Waals surface area contributed by atoms with Crippen LogP contribution in [0.2, 0.25) is 0 Å². The van der Waals surface area contributed by atoms with Crippen LogP contribution in [0.4, 0.5) is 4.39 Å². The second kappa shape index (κ2) is 9.01. The van der Waals surface area contributed by atoms with Crippen molar-refractivity contribution >= 4 is 11.2 Å². The molecule has 3 rings (SSSR count). The quantitative estimate of drug-likeness (QED) is 0.529. The van der Waals surface area contributed by atoms with Crippen molar-refractivity contribution in [2.24, 2.45) is 0 Å². The van der Waals surface area contributed by atoms with Gasteiger partial charge >= 0.3 is 5.69 Å². The fourth-order valence-electron chi connectivity index (χ4n) is 3.16. The van der Waals surface area contributed by atoms with E-state index in [2.05, 4.69) is 4.98 Å². The first-order chi connectivity index (χ1) is 14.0. The summed E-state index contributed by atoms with van der Waals surface area (Å²) < 4.78 is 22.6. The number of hydrogen-bond donors (Lipinski definition) is 2. The highest BCUT2D eigenvalue weighted by atomic mass is 19.1. The third kappa shape index (κ3) is 4.08. The number of ether oxygens (including phenoxy) is 1. The maximum atomic E-state index is 13.3. The zero-order valence-electron chi connectivity index (χ0n) is 16.0. The van der Waals surface area contributed by atoms with E-state index in [1.165, 1.54) is 21.3 Å². The minimum atomic E-state index is -0.612. The lowest BCUT2D eigenvalue weighted by Crippen LogP contribution is -2.41. The van der Waals surface area contributed by atoms with E-state index in [0.29, 0.717) is 5.56 Å². The Morgan fingerprint density at radius 3 is 2.38 bits per heavy atom. The highest BCUT2D eigenvalue weighted by Gasteiger charge is 2.22. The summed E-state index contributed by atoms with van der Waals surface area (Å²) in [6.07, 6.45) is 0.226. The van der Waals surface area contributed by atoms with E-state index >= 15 is 0 Å². The zero-order valence-corrected chi connectivity index (χ0v) is 16.0. The number of benzene rings is 1. The molecular weight excluding hydrogens is 383 g/mol. The van der Waals surface area contributed by atoms with Crippen LogP contribution in [0.25, 0.3) is 11.2 Å². The van der Waals surface area contributed by atoms with E-state index in [-0.39, 0.29) is 68.9 Å². The average Bonchev–Trinajstić information content (AvgIpc) is 3.05. The molecule has 0 aliphatic heterocycles. The molecule has 156 valence electrons. The third-order valence-corrected chi connectivity index (χ3v) is 4.47. The number of rotatable bonds is 9. The van der Waals surface area contributed by atoms with Crippen molar-refractivity contribution < 1.29 is 19.3 Å². The molecular formula is C19H23FN4O5. The fraction of sp³-hybridized carbons (Fsp3) is 0.421. The summed E-state index contributed by atoms with van der Waals surface area (Å²) in [4.78, 5) is 30.2. The van der Waals surface area contributed by atoms with Crippen LogP contribution in [0.15, 0.2) is 33.9 Å². The lowest BCUT2D eigenvalue weighted by atomic mass is 10.2. The summed E-state index contributed by atoms with van der Waals surface area (Å²) in [6, 6.07) is 5.96. The largest absolute Gasteiger partial charge is 0.465 e. The van der Waals surface area contributed by atoms with Crippen LogP contribution in [-0.4, -0.2) is 48.7 Å². The number of hydrogen-bond acceptors (Lipinski definition) is 6. The fourth-order valence-corrected chi connectivity index (χ4v) is 3.16. The van der Waals surface area contributed by atoms with Gasteiger partial charge in [0.25, 0.3) is 11.6 Å². The van der Waals surface area contributed by atoms with Gasteiger partial charge in [0, 0.05) is 13.2 Å². The van der Waals surface area contributed by atoms with Crippen molar-refractivity contribution in [2.45, 2.75) is 33.0 Å². The minimum Gasteiger partial charge on any atom is -0.465 e. The molecule has 0 aliphatic carbocycles. The number of aliphatic hydroxyl groups excluding tert-OH is 2. The summed E-state index contributed by atoms with van der Waals surface area (Å²) in [7, 11) is 0. The predicted molar refractivity (Wildman–Crippen MR) is 104 cm³/mol. The highest BCUT2D eigenvalue weighted by Crippen LogP contribution is 2.20. The van der Waals surface area contributed by atoms with E-state index in [9.17, 15) is 19.1 Å². The lowest BCUT2D eigenvalue weighted by Gasteiger charge is -2.12. The Labute approximate surface area is 165 Å². The normalized spacial score (nSPS) is 11.3. The monoisotopic (exact) mass is 406 g/mol. The van der Waals surface area contributed by atoms with Gasteiger partial charge < -0.3 is 14.9 Å². The summed E-state index contributed by atoms with van der Waals surface area (Å²) in [5.41, 5.74) is -0.204. The molecule has 0 bridgehead atoms. The summed E-state index contributed by atoms with van der Waals surface area (Å²) >= 11 is 0. The molecule has 1 aromatic carbocycles. The van der Waals surface area contributed by atoms with E-state index < -0.39 is 11.2 Å². The molecule has 0 saturated heterocycles. The summed E-state index contributed by atoms with van der Waals surface area (Å²) in [5, 5.41) is 18.5. The van der Waals surface area contributed by atoms with Gasteiger partial charge in [0.05, 0.1) is 26.3 Å². The Kier molecular flexibility index (Phi) is 6.45. The Morgan fingerprint density at radius 1 is 1.03 bits per heavy atom. The van der Waals surface area contributed by atoms with Gasteiger partial charge in [-0.15, -0.1) is 0 Å². The molecule has 3 aromatic rings. The van der Waals surface area contributed by atoms with Crippen molar-refractivity contribution in [3.63, 3.8) is 0 Å².